The predicted molar refractivity (Wildman–Crippen MR) is 108 cm³/mol. The number of sulfonamides is 1. The summed E-state index contributed by atoms with van der Waals surface area (Å²) in [6.07, 6.45) is 0. The fraction of sp³-hybridized carbons (Fsp3) is 0.0526. The van der Waals surface area contributed by atoms with Crippen LogP contribution in [0.15, 0.2) is 76.1 Å². The minimum atomic E-state index is -3.72. The molecule has 7 heteroatoms. The second-order valence-corrected chi connectivity index (χ2v) is 8.55. The van der Waals surface area contributed by atoms with Gasteiger partial charge in [0.05, 0.1) is 10.6 Å². The van der Waals surface area contributed by atoms with E-state index in [1.165, 1.54) is 12.1 Å². The van der Waals surface area contributed by atoms with E-state index in [4.69, 9.17) is 16.3 Å². The molecule has 0 bridgehead atoms. The van der Waals surface area contributed by atoms with Gasteiger partial charge in [0, 0.05) is 9.50 Å². The Morgan fingerprint density at radius 2 is 1.50 bits per heavy atom. The van der Waals surface area contributed by atoms with Crippen molar-refractivity contribution in [2.45, 2.75) is 11.8 Å². The summed E-state index contributed by atoms with van der Waals surface area (Å²) in [7, 11) is -3.72. The molecule has 0 atom stereocenters. The van der Waals surface area contributed by atoms with Gasteiger partial charge in [0.2, 0.25) is 0 Å². The predicted octanol–water partition coefficient (Wildman–Crippen LogP) is 6.00. The van der Waals surface area contributed by atoms with Crippen LogP contribution in [0.2, 0.25) is 5.02 Å². The Hall–Kier alpha value is -2.02. The smallest absolute Gasteiger partial charge is 0.261 e. The molecule has 0 amide bonds. The lowest BCUT2D eigenvalue weighted by atomic mass is 10.2. The highest BCUT2D eigenvalue weighted by molar-refractivity contribution is 9.10. The molecule has 1 N–H and O–H groups in total. The number of hydrogen-bond donors (Lipinski definition) is 1. The normalized spacial score (nSPS) is 11.2. The van der Waals surface area contributed by atoms with Crippen molar-refractivity contribution in [1.29, 1.82) is 0 Å². The molecule has 0 aliphatic heterocycles. The first-order valence-corrected chi connectivity index (χ1v) is 10.3. The summed E-state index contributed by atoms with van der Waals surface area (Å²) < 4.78 is 34.4. The summed E-state index contributed by atoms with van der Waals surface area (Å²) >= 11 is 9.40. The highest BCUT2D eigenvalue weighted by Crippen LogP contribution is 2.27. The SMILES string of the molecule is Cc1c(Cl)cccc1NS(=O)(=O)c1ccc(Oc2ccc(Br)cc2)cc1. The highest BCUT2D eigenvalue weighted by atomic mass is 79.9. The van der Waals surface area contributed by atoms with Crippen LogP contribution in [-0.2, 0) is 10.0 Å². The van der Waals surface area contributed by atoms with Crippen LogP contribution in [0.25, 0.3) is 0 Å². The van der Waals surface area contributed by atoms with Gasteiger partial charge in [0.15, 0.2) is 0 Å². The lowest BCUT2D eigenvalue weighted by molar-refractivity contribution is 0.482. The van der Waals surface area contributed by atoms with Gasteiger partial charge in [0.25, 0.3) is 10.0 Å². The van der Waals surface area contributed by atoms with Gasteiger partial charge in [-0.05, 0) is 73.2 Å². The average molecular weight is 453 g/mol. The van der Waals surface area contributed by atoms with Crippen LogP contribution in [-0.4, -0.2) is 8.42 Å². The molecule has 0 fully saturated rings. The zero-order valence-corrected chi connectivity index (χ0v) is 16.9. The fourth-order valence-corrected chi connectivity index (χ4v) is 3.81. The first-order chi connectivity index (χ1) is 12.3. The van der Waals surface area contributed by atoms with Crippen molar-refractivity contribution in [2.75, 3.05) is 4.72 Å². The number of ether oxygens (including phenoxy) is 1. The molecule has 0 aromatic heterocycles. The molecule has 0 radical (unpaired) electrons. The van der Waals surface area contributed by atoms with Crippen LogP contribution >= 0.6 is 27.5 Å². The Bertz CT molecular complexity index is 1020. The van der Waals surface area contributed by atoms with E-state index in [9.17, 15) is 8.42 Å². The zero-order valence-electron chi connectivity index (χ0n) is 13.7. The van der Waals surface area contributed by atoms with Crippen LogP contribution in [0.5, 0.6) is 11.5 Å². The number of hydrogen-bond acceptors (Lipinski definition) is 3. The highest BCUT2D eigenvalue weighted by Gasteiger charge is 2.16. The molecule has 134 valence electrons. The summed E-state index contributed by atoms with van der Waals surface area (Å²) in [5, 5.41) is 0.503. The van der Waals surface area contributed by atoms with E-state index >= 15 is 0 Å². The van der Waals surface area contributed by atoms with Crippen molar-refractivity contribution >= 4 is 43.2 Å². The molecule has 3 aromatic carbocycles. The van der Waals surface area contributed by atoms with Gasteiger partial charge >= 0.3 is 0 Å². The van der Waals surface area contributed by atoms with Crippen LogP contribution in [0.1, 0.15) is 5.56 Å². The Kier molecular flexibility index (Phi) is 5.55. The van der Waals surface area contributed by atoms with Crippen molar-refractivity contribution in [1.82, 2.24) is 0 Å². The van der Waals surface area contributed by atoms with Crippen molar-refractivity contribution in [3.05, 3.63) is 81.8 Å². The van der Waals surface area contributed by atoms with Gasteiger partial charge in [-0.3, -0.25) is 4.72 Å². The van der Waals surface area contributed by atoms with Gasteiger partial charge < -0.3 is 4.74 Å². The van der Waals surface area contributed by atoms with Crippen molar-refractivity contribution in [3.63, 3.8) is 0 Å². The van der Waals surface area contributed by atoms with E-state index in [1.807, 2.05) is 24.3 Å². The summed E-state index contributed by atoms with van der Waals surface area (Å²) in [5.74, 6) is 1.21. The first-order valence-electron chi connectivity index (χ1n) is 7.66. The minimum absolute atomic E-state index is 0.139. The number of nitrogens with one attached hydrogen (secondary N) is 1. The maximum atomic E-state index is 12.6. The molecule has 0 saturated carbocycles. The molecule has 0 unspecified atom stereocenters. The molecule has 0 saturated heterocycles. The van der Waals surface area contributed by atoms with Crippen LogP contribution in [0, 0.1) is 6.92 Å². The average Bonchev–Trinajstić information content (AvgIpc) is 2.61. The second kappa shape index (κ2) is 7.70. The Balaban J connectivity index is 1.78. The van der Waals surface area contributed by atoms with Crippen LogP contribution in [0.3, 0.4) is 0 Å². The van der Waals surface area contributed by atoms with E-state index in [0.717, 1.165) is 4.47 Å². The lowest BCUT2D eigenvalue weighted by Gasteiger charge is -2.12. The number of benzene rings is 3. The summed E-state index contributed by atoms with van der Waals surface area (Å²) in [6.45, 7) is 1.76. The molecule has 0 heterocycles. The minimum Gasteiger partial charge on any atom is -0.457 e. The summed E-state index contributed by atoms with van der Waals surface area (Å²) in [4.78, 5) is 0.139. The van der Waals surface area contributed by atoms with E-state index in [-0.39, 0.29) is 4.90 Å². The maximum absolute atomic E-state index is 12.6. The Morgan fingerprint density at radius 3 is 2.12 bits per heavy atom. The topological polar surface area (TPSA) is 55.4 Å². The van der Waals surface area contributed by atoms with Crippen LogP contribution in [0.4, 0.5) is 5.69 Å². The Morgan fingerprint density at radius 1 is 0.923 bits per heavy atom. The molecule has 26 heavy (non-hydrogen) atoms. The Labute approximate surface area is 166 Å². The zero-order chi connectivity index (χ0) is 18.7. The van der Waals surface area contributed by atoms with E-state index in [0.29, 0.717) is 27.8 Å². The van der Waals surface area contributed by atoms with Gasteiger partial charge in [-0.2, -0.15) is 0 Å². The van der Waals surface area contributed by atoms with Gasteiger partial charge in [-0.25, -0.2) is 8.42 Å². The van der Waals surface area contributed by atoms with E-state index in [1.54, 1.807) is 37.3 Å². The standard InChI is InChI=1S/C19H15BrClNO3S/c1-13-18(21)3-2-4-19(13)22-26(23,24)17-11-9-16(10-12-17)25-15-7-5-14(20)6-8-15/h2-12,22H,1H3. The monoisotopic (exact) mass is 451 g/mol. The third-order valence-corrected chi connectivity index (χ3v) is 6.01. The van der Waals surface area contributed by atoms with Crippen molar-refractivity contribution < 1.29 is 13.2 Å². The maximum Gasteiger partial charge on any atom is 0.261 e. The summed E-state index contributed by atoms with van der Waals surface area (Å²) in [6, 6.07) is 18.7. The van der Waals surface area contributed by atoms with Crippen LogP contribution < -0.4 is 9.46 Å². The van der Waals surface area contributed by atoms with E-state index in [2.05, 4.69) is 20.7 Å². The fourth-order valence-electron chi connectivity index (χ4n) is 2.25. The lowest BCUT2D eigenvalue weighted by Crippen LogP contribution is -2.13. The van der Waals surface area contributed by atoms with E-state index < -0.39 is 10.0 Å². The molecule has 4 nitrogen and oxygen atoms in total. The van der Waals surface area contributed by atoms with Gasteiger partial charge in [-0.1, -0.05) is 33.6 Å². The number of anilines is 1. The number of halogens is 2. The summed E-state index contributed by atoms with van der Waals surface area (Å²) in [5.41, 5.74) is 1.13. The molecule has 3 rings (SSSR count). The third kappa shape index (κ3) is 4.38. The van der Waals surface area contributed by atoms with Gasteiger partial charge in [0.1, 0.15) is 11.5 Å². The molecule has 0 spiro atoms. The molecular weight excluding hydrogens is 438 g/mol. The quantitative estimate of drug-likeness (QED) is 0.516. The molecular formula is C19H15BrClNO3S. The molecule has 0 aliphatic carbocycles. The van der Waals surface area contributed by atoms with Crippen molar-refractivity contribution in [2.24, 2.45) is 0 Å². The third-order valence-electron chi connectivity index (χ3n) is 3.70. The molecule has 3 aromatic rings. The van der Waals surface area contributed by atoms with Crippen molar-refractivity contribution in [3.8, 4) is 11.5 Å². The number of rotatable bonds is 5. The second-order valence-electron chi connectivity index (χ2n) is 5.55. The van der Waals surface area contributed by atoms with Gasteiger partial charge in [-0.15, -0.1) is 0 Å². The largest absolute Gasteiger partial charge is 0.457 e. The first kappa shape index (κ1) is 18.8. The molecule has 0 aliphatic rings.